The van der Waals surface area contributed by atoms with E-state index in [1.54, 1.807) is 30.3 Å². The first-order chi connectivity index (χ1) is 17.2. The smallest absolute Gasteiger partial charge is 0.386 e. The third-order valence-electron chi connectivity index (χ3n) is 4.95. The van der Waals surface area contributed by atoms with Gasteiger partial charge in [-0.05, 0) is 53.4 Å². The highest BCUT2D eigenvalue weighted by atomic mass is 19.4. The van der Waals surface area contributed by atoms with Crippen molar-refractivity contribution in [1.29, 1.82) is 5.26 Å². The quantitative estimate of drug-likeness (QED) is 0.347. The lowest BCUT2D eigenvalue weighted by molar-refractivity contribution is -0.140. The van der Waals surface area contributed by atoms with E-state index in [-0.39, 0.29) is 23.4 Å². The molecule has 3 N–H and O–H groups in total. The largest absolute Gasteiger partial charge is 0.419 e. The second-order valence-electron chi connectivity index (χ2n) is 7.86. The fraction of sp³-hybridized carbons (Fsp3) is 0.192. The Hall–Kier alpha value is -4.07. The van der Waals surface area contributed by atoms with Crippen molar-refractivity contribution < 1.29 is 35.1 Å². The van der Waals surface area contributed by atoms with Gasteiger partial charge in [-0.25, -0.2) is 8.78 Å². The molecular formula is C26H21F8N3. The molecule has 0 fully saturated rings. The summed E-state index contributed by atoms with van der Waals surface area (Å²) in [6.07, 6.45) is -8.81. The molecule has 0 radical (unpaired) electrons. The fourth-order valence-electron chi connectivity index (χ4n) is 3.35. The van der Waals surface area contributed by atoms with Gasteiger partial charge in [0.1, 0.15) is 18.2 Å². The van der Waals surface area contributed by atoms with Gasteiger partial charge in [-0.15, -0.1) is 0 Å². The summed E-state index contributed by atoms with van der Waals surface area (Å²) >= 11 is 0. The van der Waals surface area contributed by atoms with Crippen molar-refractivity contribution in [2.45, 2.75) is 24.7 Å². The number of rotatable bonds is 6. The first-order valence-corrected chi connectivity index (χ1v) is 10.6. The van der Waals surface area contributed by atoms with E-state index in [1.165, 1.54) is 18.2 Å². The molecule has 3 aromatic rings. The van der Waals surface area contributed by atoms with Crippen LogP contribution in [0.1, 0.15) is 33.7 Å². The van der Waals surface area contributed by atoms with Crippen LogP contribution in [-0.4, -0.2) is 12.7 Å². The molecule has 3 aromatic carbocycles. The molecule has 0 saturated carbocycles. The van der Waals surface area contributed by atoms with Crippen molar-refractivity contribution in [3.8, 4) is 6.07 Å². The summed E-state index contributed by atoms with van der Waals surface area (Å²) in [4.78, 5) is 0. The Labute approximate surface area is 207 Å². The molecule has 0 aliphatic rings. The number of nitrogens with zero attached hydrogens (tertiary/aromatic N) is 1. The van der Waals surface area contributed by atoms with Crippen LogP contribution < -0.4 is 11.1 Å². The summed E-state index contributed by atoms with van der Waals surface area (Å²) in [5.41, 5.74) is 4.83. The molecule has 0 bridgehead atoms. The van der Waals surface area contributed by atoms with Crippen LogP contribution in [0.3, 0.4) is 0 Å². The highest BCUT2D eigenvalue weighted by Crippen LogP contribution is 2.36. The Morgan fingerprint density at radius 2 is 1.57 bits per heavy atom. The van der Waals surface area contributed by atoms with E-state index in [0.717, 1.165) is 23.8 Å². The summed E-state index contributed by atoms with van der Waals surface area (Å²) in [6, 6.07) is 17.2. The van der Waals surface area contributed by atoms with Gasteiger partial charge < -0.3 is 11.1 Å². The van der Waals surface area contributed by atoms with E-state index in [9.17, 15) is 35.1 Å². The van der Waals surface area contributed by atoms with Gasteiger partial charge in [0.2, 0.25) is 0 Å². The van der Waals surface area contributed by atoms with Crippen LogP contribution >= 0.6 is 0 Å². The van der Waals surface area contributed by atoms with E-state index < -0.39 is 42.0 Å². The predicted molar refractivity (Wildman–Crippen MR) is 122 cm³/mol. The molecular weight excluding hydrogens is 506 g/mol. The van der Waals surface area contributed by atoms with Gasteiger partial charge in [0.05, 0.1) is 23.0 Å². The molecule has 0 aromatic heterocycles. The second-order valence-corrected chi connectivity index (χ2v) is 7.86. The summed E-state index contributed by atoms with van der Waals surface area (Å²) < 4.78 is 101. The number of hydrogen-bond donors (Lipinski definition) is 2. The van der Waals surface area contributed by atoms with Gasteiger partial charge in [0.25, 0.3) is 0 Å². The Bertz CT molecular complexity index is 1250. The molecule has 0 amide bonds. The maximum atomic E-state index is 14.0. The maximum Gasteiger partial charge on any atom is 0.419 e. The molecule has 0 heterocycles. The van der Waals surface area contributed by atoms with Crippen molar-refractivity contribution in [3.63, 3.8) is 0 Å². The van der Waals surface area contributed by atoms with Crippen molar-refractivity contribution in [2.24, 2.45) is 5.73 Å². The van der Waals surface area contributed by atoms with Gasteiger partial charge in [-0.2, -0.15) is 31.6 Å². The normalized spacial score (nSPS) is 12.1. The van der Waals surface area contributed by atoms with Crippen molar-refractivity contribution in [3.05, 3.63) is 119 Å². The van der Waals surface area contributed by atoms with Crippen LogP contribution in [0, 0.1) is 23.0 Å². The zero-order chi connectivity index (χ0) is 27.8. The summed E-state index contributed by atoms with van der Waals surface area (Å²) in [5.74, 6) is -2.89. The Balaban J connectivity index is 0.000000458. The van der Waals surface area contributed by atoms with Crippen LogP contribution in [0.2, 0.25) is 0 Å². The lowest BCUT2D eigenvalue weighted by Gasteiger charge is -2.20. The molecule has 0 saturated heterocycles. The van der Waals surface area contributed by atoms with Crippen LogP contribution in [-0.2, 0) is 12.6 Å². The van der Waals surface area contributed by atoms with E-state index in [0.29, 0.717) is 5.56 Å². The maximum absolute atomic E-state index is 14.0. The number of nitrogens with one attached hydrogen (secondary N) is 1. The molecule has 37 heavy (non-hydrogen) atoms. The van der Waals surface area contributed by atoms with E-state index in [1.807, 2.05) is 11.4 Å². The van der Waals surface area contributed by atoms with Gasteiger partial charge >= 0.3 is 12.4 Å². The molecule has 0 aliphatic heterocycles. The second kappa shape index (κ2) is 12.3. The van der Waals surface area contributed by atoms with Gasteiger partial charge in [0, 0.05) is 5.92 Å². The monoisotopic (exact) mass is 527 g/mol. The number of nitriles is 1. The fourth-order valence-corrected chi connectivity index (χ4v) is 3.35. The summed E-state index contributed by atoms with van der Waals surface area (Å²) in [7, 11) is 0. The first-order valence-electron chi connectivity index (χ1n) is 10.6. The minimum atomic E-state index is -4.85. The minimum absolute atomic E-state index is 0.0613. The molecule has 1 atom stereocenters. The standard InChI is InChI=1S/C22H14F5N.C4H7F3N2/c23-18-9-15(13-28)8-17(11-18)19(10-14-4-2-1-3-5-14)16-6-7-21(24)20(12-16)22(25,26)27;1-3(8)9-2-4(5,6)7/h1-9,11-12,19H,10H2;9H,1-2,8H2/t19-;/m1./s1. The average Bonchev–Trinajstić information content (AvgIpc) is 2.81. The molecule has 0 aliphatic carbocycles. The van der Waals surface area contributed by atoms with Gasteiger partial charge in [-0.3, -0.25) is 0 Å². The third kappa shape index (κ3) is 9.48. The van der Waals surface area contributed by atoms with Crippen molar-refractivity contribution >= 4 is 0 Å². The lowest BCUT2D eigenvalue weighted by Crippen LogP contribution is -2.30. The van der Waals surface area contributed by atoms with Crippen molar-refractivity contribution in [1.82, 2.24) is 5.32 Å². The number of nitrogens with two attached hydrogens (primary N) is 1. The molecule has 0 unspecified atom stereocenters. The molecule has 11 heteroatoms. The third-order valence-corrected chi connectivity index (χ3v) is 4.95. The van der Waals surface area contributed by atoms with E-state index in [4.69, 9.17) is 11.0 Å². The molecule has 3 nitrogen and oxygen atoms in total. The lowest BCUT2D eigenvalue weighted by atomic mass is 9.84. The number of alkyl halides is 6. The van der Waals surface area contributed by atoms with Crippen LogP contribution in [0.25, 0.3) is 0 Å². The highest BCUT2D eigenvalue weighted by molar-refractivity contribution is 5.42. The Morgan fingerprint density at radius 3 is 2.08 bits per heavy atom. The number of halogens is 8. The SMILES string of the molecule is C=C(N)NCC(F)(F)F.N#Cc1cc(F)cc([C@H](Cc2ccccc2)c2ccc(F)c(C(F)(F)F)c2)c1. The van der Waals surface area contributed by atoms with E-state index in [2.05, 4.69) is 6.58 Å². The molecule has 0 spiro atoms. The number of hydrogen-bond acceptors (Lipinski definition) is 3. The predicted octanol–water partition coefficient (Wildman–Crippen LogP) is 6.80. The minimum Gasteiger partial charge on any atom is -0.386 e. The Kier molecular flexibility index (Phi) is 9.66. The number of benzene rings is 3. The topological polar surface area (TPSA) is 61.8 Å². The molecule has 196 valence electrons. The van der Waals surface area contributed by atoms with Crippen LogP contribution in [0.15, 0.2) is 79.1 Å². The zero-order valence-corrected chi connectivity index (χ0v) is 19.1. The zero-order valence-electron chi connectivity index (χ0n) is 19.1. The van der Waals surface area contributed by atoms with E-state index >= 15 is 0 Å². The van der Waals surface area contributed by atoms with Crippen LogP contribution in [0.4, 0.5) is 35.1 Å². The average molecular weight is 527 g/mol. The van der Waals surface area contributed by atoms with Crippen molar-refractivity contribution in [2.75, 3.05) is 6.54 Å². The summed E-state index contributed by atoms with van der Waals surface area (Å²) in [6.45, 7) is 1.90. The Morgan fingerprint density at radius 1 is 0.919 bits per heavy atom. The van der Waals surface area contributed by atoms with Gasteiger partial charge in [0.15, 0.2) is 0 Å². The first kappa shape index (κ1) is 29.2. The molecule has 3 rings (SSSR count). The van der Waals surface area contributed by atoms with Gasteiger partial charge in [-0.1, -0.05) is 43.0 Å². The summed E-state index contributed by atoms with van der Waals surface area (Å²) in [5, 5.41) is 10.9. The van der Waals surface area contributed by atoms with Crippen LogP contribution in [0.5, 0.6) is 0 Å². The highest BCUT2D eigenvalue weighted by Gasteiger charge is 2.35.